The summed E-state index contributed by atoms with van der Waals surface area (Å²) in [4.78, 5) is 4.72. The summed E-state index contributed by atoms with van der Waals surface area (Å²) in [5, 5.41) is 0. The topological polar surface area (TPSA) is 27.1 Å². The van der Waals surface area contributed by atoms with Gasteiger partial charge in [-0.2, -0.15) is 11.8 Å². The number of rotatable bonds is 6. The monoisotopic (exact) mass is 324 g/mol. The summed E-state index contributed by atoms with van der Waals surface area (Å²) in [7, 11) is 0. The molecule has 0 N–H and O–H groups in total. The highest BCUT2D eigenvalue weighted by Gasteiger charge is 2.37. The van der Waals surface area contributed by atoms with Crippen LogP contribution in [0.2, 0.25) is 0 Å². The second-order valence-corrected chi connectivity index (χ2v) is 7.09. The fraction of sp³-hybridized carbons (Fsp3) is 0.562. The van der Waals surface area contributed by atoms with Crippen molar-refractivity contribution in [2.75, 3.05) is 12.9 Å². The lowest BCUT2D eigenvalue weighted by atomic mass is 9.84. The summed E-state index contributed by atoms with van der Waals surface area (Å²) in [6.07, 6.45) is 6.10. The number of benzene rings is 1. The molecular weight excluding hydrogens is 304 g/mol. The van der Waals surface area contributed by atoms with Crippen molar-refractivity contribution in [1.82, 2.24) is 9.55 Å². The lowest BCUT2D eigenvalue weighted by molar-refractivity contribution is 0.322. The summed E-state index contributed by atoms with van der Waals surface area (Å²) in [5.41, 5.74) is 2.07. The fourth-order valence-corrected chi connectivity index (χ4v) is 4.17. The van der Waals surface area contributed by atoms with Crippen LogP contribution in [-0.2, 0) is 12.4 Å². The minimum Gasteiger partial charge on any atom is -0.492 e. The number of imidazole rings is 1. The summed E-state index contributed by atoms with van der Waals surface area (Å²) in [6.45, 7) is 3.63. The Bertz CT molecular complexity index is 631. The van der Waals surface area contributed by atoms with Crippen LogP contribution in [0.3, 0.4) is 0 Å². The number of hydrogen-bond donors (Lipinski definition) is 0. The molecular formula is C16H21ClN2OS. The maximum Gasteiger partial charge on any atom is 0.147 e. The smallest absolute Gasteiger partial charge is 0.147 e. The number of nitrogens with zero attached hydrogens (tertiary/aromatic N) is 2. The van der Waals surface area contributed by atoms with E-state index in [2.05, 4.69) is 16.9 Å². The van der Waals surface area contributed by atoms with Crippen molar-refractivity contribution in [3.8, 4) is 5.75 Å². The molecule has 2 aromatic rings. The molecule has 114 valence electrons. The Morgan fingerprint density at radius 3 is 2.81 bits per heavy atom. The number of ether oxygens (including phenoxy) is 1. The molecule has 0 atom stereocenters. The van der Waals surface area contributed by atoms with Gasteiger partial charge in [0.25, 0.3) is 0 Å². The van der Waals surface area contributed by atoms with E-state index < -0.39 is 0 Å². The number of hydrogen-bond acceptors (Lipinski definition) is 3. The predicted octanol–water partition coefficient (Wildman–Crippen LogP) is 4.46. The van der Waals surface area contributed by atoms with E-state index >= 15 is 0 Å². The van der Waals surface area contributed by atoms with Gasteiger partial charge in [0, 0.05) is 11.3 Å². The molecule has 1 saturated carbocycles. The first-order valence-corrected chi connectivity index (χ1v) is 9.21. The zero-order chi connectivity index (χ0) is 14.9. The largest absolute Gasteiger partial charge is 0.492 e. The number of fused-ring (bicyclic) bond motifs is 1. The Balaban J connectivity index is 2.06. The first-order valence-electron chi connectivity index (χ1n) is 7.45. The molecule has 1 heterocycles. The highest BCUT2D eigenvalue weighted by atomic mass is 35.5. The lowest BCUT2D eigenvalue weighted by Crippen LogP contribution is -2.38. The van der Waals surface area contributed by atoms with Gasteiger partial charge < -0.3 is 9.30 Å². The normalized spacial score (nSPS) is 16.9. The van der Waals surface area contributed by atoms with Gasteiger partial charge in [-0.1, -0.05) is 12.5 Å². The van der Waals surface area contributed by atoms with Gasteiger partial charge in [0.15, 0.2) is 0 Å². The van der Waals surface area contributed by atoms with Crippen LogP contribution in [0.4, 0.5) is 0 Å². The highest BCUT2D eigenvalue weighted by molar-refractivity contribution is 8.00. The summed E-state index contributed by atoms with van der Waals surface area (Å²) in [5.74, 6) is 2.23. The molecule has 21 heavy (non-hydrogen) atoms. The molecule has 0 radical (unpaired) electrons. The van der Waals surface area contributed by atoms with Gasteiger partial charge in [-0.15, -0.1) is 11.6 Å². The Kier molecular flexibility index (Phi) is 4.36. The van der Waals surface area contributed by atoms with Gasteiger partial charge in [0.1, 0.15) is 17.1 Å². The molecule has 3 rings (SSSR count). The van der Waals surface area contributed by atoms with Crippen molar-refractivity contribution in [2.24, 2.45) is 0 Å². The molecule has 3 nitrogen and oxygen atoms in total. The number of para-hydroxylation sites is 1. The molecule has 0 unspecified atom stereocenters. The second-order valence-electron chi connectivity index (χ2n) is 5.55. The third kappa shape index (κ3) is 2.64. The standard InChI is InChI=1S/C16H21ClN2OS/c1-3-20-13-7-4-6-12-15(13)18-14(10-17)19(12)11-16(21-2)8-5-9-16/h4,6-7H,3,5,8-11H2,1-2H3. The van der Waals surface area contributed by atoms with Gasteiger partial charge >= 0.3 is 0 Å². The van der Waals surface area contributed by atoms with Gasteiger partial charge in [0.2, 0.25) is 0 Å². The minimum atomic E-state index is 0.357. The van der Waals surface area contributed by atoms with Crippen LogP contribution in [0.25, 0.3) is 11.0 Å². The van der Waals surface area contributed by atoms with Gasteiger partial charge in [-0.3, -0.25) is 0 Å². The van der Waals surface area contributed by atoms with Crippen molar-refractivity contribution in [2.45, 2.75) is 43.4 Å². The van der Waals surface area contributed by atoms with Gasteiger partial charge in [-0.25, -0.2) is 4.98 Å². The van der Waals surface area contributed by atoms with Gasteiger partial charge in [0.05, 0.1) is 18.0 Å². The quantitative estimate of drug-likeness (QED) is 0.734. The fourth-order valence-electron chi connectivity index (χ4n) is 3.01. The van der Waals surface area contributed by atoms with Crippen molar-refractivity contribution in [3.05, 3.63) is 24.0 Å². The number of thioether (sulfide) groups is 1. The Hall–Kier alpha value is -0.870. The van der Waals surface area contributed by atoms with Crippen molar-refractivity contribution >= 4 is 34.4 Å². The lowest BCUT2D eigenvalue weighted by Gasteiger charge is -2.41. The highest BCUT2D eigenvalue weighted by Crippen LogP contribution is 2.45. The molecule has 0 bridgehead atoms. The maximum absolute atomic E-state index is 6.14. The molecule has 0 spiro atoms. The Morgan fingerprint density at radius 2 is 2.24 bits per heavy atom. The van der Waals surface area contributed by atoms with E-state index in [1.807, 2.05) is 30.8 Å². The Labute approximate surface area is 135 Å². The van der Waals surface area contributed by atoms with Crippen LogP contribution in [0, 0.1) is 0 Å². The zero-order valence-electron chi connectivity index (χ0n) is 12.6. The molecule has 1 aromatic heterocycles. The van der Waals surface area contributed by atoms with Crippen molar-refractivity contribution < 1.29 is 4.74 Å². The zero-order valence-corrected chi connectivity index (χ0v) is 14.1. The van der Waals surface area contributed by atoms with Crippen LogP contribution in [0.1, 0.15) is 32.0 Å². The van der Waals surface area contributed by atoms with Crippen LogP contribution in [0.5, 0.6) is 5.75 Å². The first-order chi connectivity index (χ1) is 10.2. The first kappa shape index (κ1) is 15.0. The molecule has 0 aliphatic heterocycles. The number of alkyl halides is 1. The summed E-state index contributed by atoms with van der Waals surface area (Å²) < 4.78 is 8.35. The third-order valence-electron chi connectivity index (χ3n) is 4.38. The van der Waals surface area contributed by atoms with Crippen molar-refractivity contribution in [3.63, 3.8) is 0 Å². The van der Waals surface area contributed by atoms with E-state index in [-0.39, 0.29) is 0 Å². The van der Waals surface area contributed by atoms with Gasteiger partial charge in [-0.05, 0) is 38.2 Å². The molecule has 1 aliphatic rings. The molecule has 0 amide bonds. The average Bonchev–Trinajstić information content (AvgIpc) is 2.82. The maximum atomic E-state index is 6.14. The van der Waals surface area contributed by atoms with Crippen LogP contribution >= 0.6 is 23.4 Å². The molecule has 5 heteroatoms. The van der Waals surface area contributed by atoms with Crippen LogP contribution < -0.4 is 4.74 Å². The van der Waals surface area contributed by atoms with E-state index in [0.717, 1.165) is 29.2 Å². The van der Waals surface area contributed by atoms with E-state index in [1.54, 1.807) is 0 Å². The average molecular weight is 325 g/mol. The molecule has 1 aliphatic carbocycles. The SMILES string of the molecule is CCOc1cccc2c1nc(CCl)n2CC1(SC)CCC1. The van der Waals surface area contributed by atoms with E-state index in [4.69, 9.17) is 21.3 Å². The molecule has 1 aromatic carbocycles. The predicted molar refractivity (Wildman–Crippen MR) is 90.6 cm³/mol. The third-order valence-corrected chi connectivity index (χ3v) is 6.03. The number of aromatic nitrogens is 2. The summed E-state index contributed by atoms with van der Waals surface area (Å²) >= 11 is 8.11. The molecule has 0 saturated heterocycles. The molecule has 1 fully saturated rings. The van der Waals surface area contributed by atoms with Crippen LogP contribution in [0.15, 0.2) is 18.2 Å². The Morgan fingerprint density at radius 1 is 1.43 bits per heavy atom. The number of halogens is 1. The van der Waals surface area contributed by atoms with E-state index in [0.29, 0.717) is 17.2 Å². The van der Waals surface area contributed by atoms with Crippen LogP contribution in [-0.4, -0.2) is 27.2 Å². The van der Waals surface area contributed by atoms with Crippen molar-refractivity contribution in [1.29, 1.82) is 0 Å². The summed E-state index contributed by atoms with van der Waals surface area (Å²) in [6, 6.07) is 6.14. The van der Waals surface area contributed by atoms with E-state index in [9.17, 15) is 0 Å². The van der Waals surface area contributed by atoms with E-state index in [1.165, 1.54) is 19.3 Å². The second kappa shape index (κ2) is 6.09. The minimum absolute atomic E-state index is 0.357.